The number of alkyl carbamates (subject to hydrolysis) is 3. The summed E-state index contributed by atoms with van der Waals surface area (Å²) in [7, 11) is 1.36. The molecule has 0 radical (unpaired) electrons. The first kappa shape index (κ1) is 37.0. The smallest absolute Gasteiger partial charge is 0.414 e. The van der Waals surface area contributed by atoms with E-state index in [-0.39, 0.29) is 38.7 Å². The number of ether oxygens (including phenoxy) is 3. The maximum Gasteiger partial charge on any atom is 0.414 e. The number of nitrogens with one attached hydrogen (secondary N) is 3. The number of carboxylic acid groups (broad SMARTS) is 1. The van der Waals surface area contributed by atoms with E-state index < -0.39 is 41.8 Å². The average Bonchev–Trinajstić information content (AvgIpc) is 3.00. The Kier molecular flexibility index (Phi) is 15.5. The number of carbonyl (C=O) groups excluding carboxylic acids is 4. The van der Waals surface area contributed by atoms with Crippen molar-refractivity contribution >= 4 is 36.1 Å². The second kappa shape index (κ2) is 19.3. The molecule has 2 rings (SSSR count). The molecule has 0 aliphatic carbocycles. The van der Waals surface area contributed by atoms with Gasteiger partial charge < -0.3 is 29.5 Å². The van der Waals surface area contributed by atoms with Gasteiger partial charge in [0.15, 0.2) is 0 Å². The van der Waals surface area contributed by atoms with Crippen molar-refractivity contribution in [1.29, 1.82) is 0 Å². The Balaban J connectivity index is 1.85. The van der Waals surface area contributed by atoms with Gasteiger partial charge in [-0.25, -0.2) is 19.2 Å². The lowest BCUT2D eigenvalue weighted by atomic mass is 10.1. The number of rotatable bonds is 14. The highest BCUT2D eigenvalue weighted by Crippen LogP contribution is 2.09. The summed E-state index contributed by atoms with van der Waals surface area (Å²) in [5.41, 5.74) is 0.805. The van der Waals surface area contributed by atoms with Gasteiger partial charge in [0.05, 0.1) is 6.54 Å². The second-order valence-electron chi connectivity index (χ2n) is 11.2. The third-order valence-corrected chi connectivity index (χ3v) is 6.17. The van der Waals surface area contributed by atoms with E-state index in [4.69, 9.17) is 14.2 Å². The highest BCUT2D eigenvalue weighted by atomic mass is 16.6. The first-order valence-corrected chi connectivity index (χ1v) is 14.8. The molecule has 4 amide bonds. The van der Waals surface area contributed by atoms with Crippen molar-refractivity contribution < 1.29 is 43.3 Å². The minimum absolute atomic E-state index is 0.0146. The largest absolute Gasteiger partial charge is 0.480 e. The molecular formula is C32H43N5O9. The molecule has 0 bridgehead atoms. The number of likely N-dealkylation sites (N-methyl/N-ethyl adjacent to an activating group) is 1. The summed E-state index contributed by atoms with van der Waals surface area (Å²) in [5.74, 6) is -1.83. The average molecular weight is 642 g/mol. The van der Waals surface area contributed by atoms with Crippen LogP contribution in [0.3, 0.4) is 0 Å². The number of amides is 4. The lowest BCUT2D eigenvalue weighted by molar-refractivity contribution is -0.148. The summed E-state index contributed by atoms with van der Waals surface area (Å²) < 4.78 is 15.5. The standard InChI is InChI=1S/C32H43N5O9/c1-32(2,3)46-29(41)34-20-25(27(39)40)37(4)26(38)18-12-7-13-19-33-28(35-30(42)44-21-23-14-8-5-9-15-23)36-31(43)45-22-24-16-10-6-11-17-24/h5-6,8-11,14-17,25H,7,12-13,18-22H2,1-4H3,(H,34,41)(H,39,40)(H2,33,35,36,42,43). The number of aliphatic carboxylic acids is 1. The van der Waals surface area contributed by atoms with Gasteiger partial charge in [-0.2, -0.15) is 0 Å². The van der Waals surface area contributed by atoms with Crippen LogP contribution in [0.4, 0.5) is 14.4 Å². The number of aliphatic imine (C=N–C) groups is 1. The molecule has 1 atom stereocenters. The van der Waals surface area contributed by atoms with E-state index in [0.29, 0.717) is 19.3 Å². The molecule has 0 spiro atoms. The summed E-state index contributed by atoms with van der Waals surface area (Å²) in [4.78, 5) is 66.4. The molecule has 14 heteroatoms. The van der Waals surface area contributed by atoms with Crippen molar-refractivity contribution in [2.75, 3.05) is 20.1 Å². The third kappa shape index (κ3) is 15.5. The van der Waals surface area contributed by atoms with Crippen LogP contribution in [0.15, 0.2) is 65.7 Å². The van der Waals surface area contributed by atoms with Crippen molar-refractivity contribution in [1.82, 2.24) is 20.9 Å². The van der Waals surface area contributed by atoms with Crippen LogP contribution in [0.1, 0.15) is 57.6 Å². The molecule has 0 fully saturated rings. The topological polar surface area (TPSA) is 185 Å². The highest BCUT2D eigenvalue weighted by molar-refractivity contribution is 6.01. The van der Waals surface area contributed by atoms with Crippen LogP contribution in [-0.4, -0.2) is 77.9 Å². The number of guanidine groups is 1. The summed E-state index contributed by atoms with van der Waals surface area (Å²) in [5, 5.41) is 16.8. The quantitative estimate of drug-likeness (QED) is 0.102. The van der Waals surface area contributed by atoms with Crippen molar-refractivity contribution in [2.45, 2.75) is 71.3 Å². The Morgan fingerprint density at radius 1 is 0.804 bits per heavy atom. The molecule has 0 saturated heterocycles. The molecule has 0 aliphatic heterocycles. The SMILES string of the molecule is CN(C(=O)CCCCCN=C(NC(=O)OCc1ccccc1)NC(=O)OCc1ccccc1)C(CNC(=O)OC(C)(C)C)C(=O)O. The molecule has 4 N–H and O–H groups in total. The predicted octanol–water partition coefficient (Wildman–Crippen LogP) is 4.19. The first-order chi connectivity index (χ1) is 21.8. The Hall–Kier alpha value is -5.14. The van der Waals surface area contributed by atoms with Crippen molar-refractivity contribution in [2.24, 2.45) is 4.99 Å². The molecule has 1 unspecified atom stereocenters. The summed E-state index contributed by atoms with van der Waals surface area (Å²) in [6.07, 6.45) is -0.901. The van der Waals surface area contributed by atoms with Crippen molar-refractivity contribution in [3.05, 3.63) is 71.8 Å². The zero-order chi connectivity index (χ0) is 34.0. The van der Waals surface area contributed by atoms with Gasteiger partial charge in [-0.1, -0.05) is 67.1 Å². The fourth-order valence-electron chi connectivity index (χ4n) is 3.81. The molecular weight excluding hydrogens is 598 g/mol. The molecule has 2 aromatic carbocycles. The first-order valence-electron chi connectivity index (χ1n) is 14.8. The van der Waals surface area contributed by atoms with Gasteiger partial charge in [0, 0.05) is 20.0 Å². The van der Waals surface area contributed by atoms with Crippen molar-refractivity contribution in [3.8, 4) is 0 Å². The van der Waals surface area contributed by atoms with E-state index in [1.54, 1.807) is 45.0 Å². The van der Waals surface area contributed by atoms with E-state index in [2.05, 4.69) is 20.9 Å². The number of hydrogen-bond acceptors (Lipinski definition) is 9. The lowest BCUT2D eigenvalue weighted by Gasteiger charge is -2.26. The maximum atomic E-state index is 12.6. The summed E-state index contributed by atoms with van der Waals surface area (Å²) >= 11 is 0. The van der Waals surface area contributed by atoms with Gasteiger partial charge in [-0.05, 0) is 44.7 Å². The molecule has 0 saturated carbocycles. The molecule has 14 nitrogen and oxygen atoms in total. The number of nitrogens with zero attached hydrogens (tertiary/aromatic N) is 2. The van der Waals surface area contributed by atoms with Gasteiger partial charge in [-0.3, -0.25) is 20.4 Å². The van der Waals surface area contributed by atoms with Gasteiger partial charge in [0.25, 0.3) is 0 Å². The van der Waals surface area contributed by atoms with Crippen LogP contribution in [0.25, 0.3) is 0 Å². The number of carboxylic acids is 1. The Bertz CT molecular complexity index is 1250. The zero-order valence-corrected chi connectivity index (χ0v) is 26.6. The fraction of sp³-hybridized carbons (Fsp3) is 0.438. The van der Waals surface area contributed by atoms with Gasteiger partial charge in [0.2, 0.25) is 11.9 Å². The van der Waals surface area contributed by atoms with E-state index >= 15 is 0 Å². The number of carbonyl (C=O) groups is 5. The normalized spacial score (nSPS) is 11.3. The van der Waals surface area contributed by atoms with Crippen LogP contribution in [0, 0.1) is 0 Å². The van der Waals surface area contributed by atoms with Gasteiger partial charge in [0.1, 0.15) is 24.9 Å². The molecule has 250 valence electrons. The Labute approximate surface area is 268 Å². The zero-order valence-electron chi connectivity index (χ0n) is 26.6. The van der Waals surface area contributed by atoms with Gasteiger partial charge in [-0.15, -0.1) is 0 Å². The van der Waals surface area contributed by atoms with Crippen LogP contribution in [0.5, 0.6) is 0 Å². The number of hydrogen-bond donors (Lipinski definition) is 4. The van der Waals surface area contributed by atoms with Crippen LogP contribution in [-0.2, 0) is 37.0 Å². The molecule has 46 heavy (non-hydrogen) atoms. The lowest BCUT2D eigenvalue weighted by Crippen LogP contribution is -2.49. The van der Waals surface area contributed by atoms with Crippen LogP contribution < -0.4 is 16.0 Å². The van der Waals surface area contributed by atoms with E-state index in [1.165, 1.54) is 7.05 Å². The van der Waals surface area contributed by atoms with Gasteiger partial charge >= 0.3 is 24.2 Å². The number of benzene rings is 2. The van der Waals surface area contributed by atoms with Crippen LogP contribution in [0.2, 0.25) is 0 Å². The second-order valence-corrected chi connectivity index (χ2v) is 11.2. The molecule has 2 aromatic rings. The maximum absolute atomic E-state index is 12.6. The molecule has 0 aliphatic rings. The molecule has 0 heterocycles. The number of unbranched alkanes of at least 4 members (excludes halogenated alkanes) is 2. The van der Waals surface area contributed by atoms with Crippen LogP contribution >= 0.6 is 0 Å². The monoisotopic (exact) mass is 641 g/mol. The fourth-order valence-corrected chi connectivity index (χ4v) is 3.81. The predicted molar refractivity (Wildman–Crippen MR) is 169 cm³/mol. The third-order valence-electron chi connectivity index (χ3n) is 6.17. The van der Waals surface area contributed by atoms with E-state index in [1.807, 2.05) is 36.4 Å². The summed E-state index contributed by atoms with van der Waals surface area (Å²) in [6.45, 7) is 4.94. The summed E-state index contributed by atoms with van der Waals surface area (Å²) in [6, 6.07) is 16.9. The van der Waals surface area contributed by atoms with E-state index in [9.17, 15) is 29.1 Å². The Morgan fingerprint density at radius 3 is 1.80 bits per heavy atom. The minimum Gasteiger partial charge on any atom is -0.480 e. The highest BCUT2D eigenvalue weighted by Gasteiger charge is 2.27. The molecule has 0 aromatic heterocycles. The Morgan fingerprint density at radius 2 is 1.33 bits per heavy atom. The minimum atomic E-state index is -1.27. The van der Waals surface area contributed by atoms with Crippen molar-refractivity contribution in [3.63, 3.8) is 0 Å². The van der Waals surface area contributed by atoms with E-state index in [0.717, 1.165) is 16.0 Å².